The van der Waals surface area contributed by atoms with Gasteiger partial charge < -0.3 is 20.0 Å². The normalized spacial score (nSPS) is 19.9. The van der Waals surface area contributed by atoms with Gasteiger partial charge in [-0.15, -0.1) is 0 Å². The van der Waals surface area contributed by atoms with Crippen LogP contribution in [0.2, 0.25) is 0 Å². The van der Waals surface area contributed by atoms with Gasteiger partial charge in [-0.2, -0.15) is 0 Å². The Bertz CT molecular complexity index is 607. The van der Waals surface area contributed by atoms with Crippen LogP contribution in [0.1, 0.15) is 24.2 Å². The maximum Gasteiger partial charge on any atom is 0.134 e. The van der Waals surface area contributed by atoms with Crippen molar-refractivity contribution in [3.05, 3.63) is 35.6 Å². The number of nitrogens with zero attached hydrogens (tertiary/aromatic N) is 2. The maximum atomic E-state index is 5.88. The summed E-state index contributed by atoms with van der Waals surface area (Å²) >= 11 is 0. The lowest BCUT2D eigenvalue weighted by molar-refractivity contribution is 0.215. The van der Waals surface area contributed by atoms with Gasteiger partial charge in [-0.25, -0.2) is 0 Å². The summed E-state index contributed by atoms with van der Waals surface area (Å²) in [4.78, 5) is 4.86. The molecule has 0 radical (unpaired) electrons. The van der Waals surface area contributed by atoms with Gasteiger partial charge in [-0.3, -0.25) is 0 Å². The van der Waals surface area contributed by atoms with Crippen LogP contribution in [0, 0.1) is 0 Å². The van der Waals surface area contributed by atoms with Crippen LogP contribution in [-0.4, -0.2) is 43.0 Å². The Morgan fingerprint density at radius 3 is 2.90 bits per heavy atom. The van der Waals surface area contributed by atoms with E-state index in [-0.39, 0.29) is 0 Å². The summed E-state index contributed by atoms with van der Waals surface area (Å²) in [6.45, 7) is 3.68. The summed E-state index contributed by atoms with van der Waals surface area (Å²) in [6, 6.07) is 8.89. The van der Waals surface area contributed by atoms with Gasteiger partial charge >= 0.3 is 0 Å². The predicted molar refractivity (Wildman–Crippen MR) is 86.1 cm³/mol. The van der Waals surface area contributed by atoms with E-state index in [9.17, 15) is 0 Å². The van der Waals surface area contributed by atoms with E-state index in [1.165, 1.54) is 30.3 Å². The number of hydrogen-bond donors (Lipinski definition) is 1. The predicted octanol–water partition coefficient (Wildman–Crippen LogP) is 2.42. The highest BCUT2D eigenvalue weighted by Gasteiger charge is 2.23. The fourth-order valence-electron chi connectivity index (χ4n) is 3.39. The molecule has 2 heterocycles. The fraction of sp³-hybridized carbons (Fsp3) is 0.529. The minimum Gasteiger partial charge on any atom is -0.459 e. The Hall–Kier alpha value is -1.36. The molecule has 0 bridgehead atoms. The first kappa shape index (κ1) is 14.6. The SMILES string of the molecule is CN(Cc1c(CN)oc2ccccc12)CC1CCCN1C. The molecule has 21 heavy (non-hydrogen) atoms. The second kappa shape index (κ2) is 6.18. The smallest absolute Gasteiger partial charge is 0.134 e. The number of furan rings is 1. The van der Waals surface area contributed by atoms with E-state index in [1.54, 1.807) is 0 Å². The maximum absolute atomic E-state index is 5.88. The molecule has 1 aromatic heterocycles. The minimum atomic E-state index is 0.460. The Balaban J connectivity index is 1.77. The average molecular weight is 287 g/mol. The molecule has 1 aliphatic rings. The van der Waals surface area contributed by atoms with Crippen molar-refractivity contribution in [1.29, 1.82) is 0 Å². The molecule has 0 spiro atoms. The van der Waals surface area contributed by atoms with Crippen LogP contribution in [-0.2, 0) is 13.1 Å². The summed E-state index contributed by atoms with van der Waals surface area (Å²) in [7, 11) is 4.41. The molecule has 1 aromatic carbocycles. The summed E-state index contributed by atoms with van der Waals surface area (Å²) in [5, 5.41) is 1.20. The highest BCUT2D eigenvalue weighted by atomic mass is 16.3. The highest BCUT2D eigenvalue weighted by molar-refractivity contribution is 5.82. The van der Waals surface area contributed by atoms with E-state index in [2.05, 4.69) is 36.0 Å². The lowest BCUT2D eigenvalue weighted by Crippen LogP contribution is -2.36. The van der Waals surface area contributed by atoms with Crippen LogP contribution in [0.15, 0.2) is 28.7 Å². The summed E-state index contributed by atoms with van der Waals surface area (Å²) in [6.07, 6.45) is 2.62. The van der Waals surface area contributed by atoms with E-state index in [1.807, 2.05) is 12.1 Å². The standard InChI is InChI=1S/C17H25N3O/c1-19(11-13-6-5-9-20(13)2)12-15-14-7-3-4-8-16(14)21-17(15)10-18/h3-4,7-8,13H,5-6,9-12,18H2,1-2H3. The minimum absolute atomic E-state index is 0.460. The third kappa shape index (κ3) is 2.98. The highest BCUT2D eigenvalue weighted by Crippen LogP contribution is 2.27. The van der Waals surface area contributed by atoms with Crippen molar-refractivity contribution in [2.24, 2.45) is 5.73 Å². The largest absolute Gasteiger partial charge is 0.459 e. The van der Waals surface area contributed by atoms with Crippen molar-refractivity contribution in [3.63, 3.8) is 0 Å². The summed E-state index contributed by atoms with van der Waals surface area (Å²) in [5.41, 5.74) is 8.05. The molecule has 3 rings (SSSR count). The van der Waals surface area contributed by atoms with Crippen LogP contribution in [0.4, 0.5) is 0 Å². The summed E-state index contributed by atoms with van der Waals surface area (Å²) in [5.74, 6) is 0.919. The molecule has 1 atom stereocenters. The average Bonchev–Trinajstić information content (AvgIpc) is 3.04. The van der Waals surface area contributed by atoms with Crippen molar-refractivity contribution in [1.82, 2.24) is 9.80 Å². The van der Waals surface area contributed by atoms with E-state index < -0.39 is 0 Å². The van der Waals surface area contributed by atoms with E-state index in [0.717, 1.165) is 24.4 Å². The van der Waals surface area contributed by atoms with Gasteiger partial charge in [0, 0.05) is 30.1 Å². The monoisotopic (exact) mass is 287 g/mol. The van der Waals surface area contributed by atoms with Gasteiger partial charge in [-0.05, 0) is 39.5 Å². The second-order valence-electron chi connectivity index (χ2n) is 6.18. The van der Waals surface area contributed by atoms with Gasteiger partial charge in [0.15, 0.2) is 0 Å². The van der Waals surface area contributed by atoms with Gasteiger partial charge in [0.25, 0.3) is 0 Å². The van der Waals surface area contributed by atoms with E-state index >= 15 is 0 Å². The zero-order chi connectivity index (χ0) is 14.8. The Kier molecular flexibility index (Phi) is 4.29. The van der Waals surface area contributed by atoms with Crippen molar-refractivity contribution >= 4 is 11.0 Å². The van der Waals surface area contributed by atoms with Gasteiger partial charge in [0.05, 0.1) is 6.54 Å². The van der Waals surface area contributed by atoms with Gasteiger partial charge in [0.2, 0.25) is 0 Å². The van der Waals surface area contributed by atoms with Gasteiger partial charge in [-0.1, -0.05) is 18.2 Å². The molecular weight excluding hydrogens is 262 g/mol. The van der Waals surface area contributed by atoms with Crippen molar-refractivity contribution in [2.75, 3.05) is 27.2 Å². The number of para-hydroxylation sites is 1. The number of likely N-dealkylation sites (tertiary alicyclic amines) is 1. The lowest BCUT2D eigenvalue weighted by atomic mass is 10.1. The van der Waals surface area contributed by atoms with Crippen LogP contribution < -0.4 is 5.73 Å². The molecule has 0 amide bonds. The zero-order valence-electron chi connectivity index (χ0n) is 13.0. The van der Waals surface area contributed by atoms with Crippen LogP contribution in [0.25, 0.3) is 11.0 Å². The Morgan fingerprint density at radius 2 is 2.19 bits per heavy atom. The first-order valence-corrected chi connectivity index (χ1v) is 7.77. The van der Waals surface area contributed by atoms with E-state index in [4.69, 9.17) is 10.2 Å². The number of hydrogen-bond acceptors (Lipinski definition) is 4. The number of likely N-dealkylation sites (N-methyl/N-ethyl adjacent to an activating group) is 2. The molecule has 114 valence electrons. The van der Waals surface area contributed by atoms with E-state index in [0.29, 0.717) is 12.6 Å². The van der Waals surface area contributed by atoms with Crippen LogP contribution in [0.5, 0.6) is 0 Å². The van der Waals surface area contributed by atoms with Crippen molar-refractivity contribution in [3.8, 4) is 0 Å². The molecule has 2 N–H and O–H groups in total. The molecular formula is C17H25N3O. The molecule has 1 saturated heterocycles. The molecule has 1 unspecified atom stereocenters. The summed E-state index contributed by atoms with van der Waals surface area (Å²) < 4.78 is 5.88. The molecule has 1 aliphatic heterocycles. The number of fused-ring (bicyclic) bond motifs is 1. The number of benzene rings is 1. The second-order valence-corrected chi connectivity index (χ2v) is 6.18. The van der Waals surface area contributed by atoms with Gasteiger partial charge in [0.1, 0.15) is 11.3 Å². The number of rotatable bonds is 5. The molecule has 0 saturated carbocycles. The topological polar surface area (TPSA) is 45.6 Å². The first-order chi connectivity index (χ1) is 10.2. The fourth-order valence-corrected chi connectivity index (χ4v) is 3.39. The quantitative estimate of drug-likeness (QED) is 0.917. The third-order valence-electron chi connectivity index (χ3n) is 4.59. The molecule has 2 aromatic rings. The molecule has 0 aliphatic carbocycles. The first-order valence-electron chi connectivity index (χ1n) is 7.77. The van der Waals surface area contributed by atoms with Crippen LogP contribution in [0.3, 0.4) is 0 Å². The number of nitrogens with two attached hydrogens (primary N) is 1. The van der Waals surface area contributed by atoms with Crippen molar-refractivity contribution < 1.29 is 4.42 Å². The Labute approximate surface area is 126 Å². The molecule has 4 heteroatoms. The third-order valence-corrected chi connectivity index (χ3v) is 4.59. The zero-order valence-corrected chi connectivity index (χ0v) is 13.0. The molecule has 1 fully saturated rings. The van der Waals surface area contributed by atoms with Crippen LogP contribution >= 0.6 is 0 Å². The molecule has 4 nitrogen and oxygen atoms in total. The lowest BCUT2D eigenvalue weighted by Gasteiger charge is -2.25. The van der Waals surface area contributed by atoms with Crippen molar-refractivity contribution in [2.45, 2.75) is 32.0 Å². The Morgan fingerprint density at radius 1 is 1.38 bits per heavy atom.